The van der Waals surface area contributed by atoms with E-state index in [2.05, 4.69) is 12.1 Å². The number of anilines is 1. The first-order chi connectivity index (χ1) is 15.9. The zero-order valence-corrected chi connectivity index (χ0v) is 20.7. The molecule has 0 bridgehead atoms. The average molecular weight is 496 g/mol. The summed E-state index contributed by atoms with van der Waals surface area (Å²) in [7, 11) is 0. The van der Waals surface area contributed by atoms with Gasteiger partial charge in [0.25, 0.3) is 0 Å². The highest BCUT2D eigenvalue weighted by molar-refractivity contribution is 7.17. The van der Waals surface area contributed by atoms with Gasteiger partial charge in [-0.2, -0.15) is 5.10 Å². The summed E-state index contributed by atoms with van der Waals surface area (Å²) in [5.41, 5.74) is 5.01. The lowest BCUT2D eigenvalue weighted by Crippen LogP contribution is -2.28. The number of hydrogen-bond donors (Lipinski definition) is 0. The molecule has 33 heavy (non-hydrogen) atoms. The van der Waals surface area contributed by atoms with E-state index in [-0.39, 0.29) is 17.7 Å². The number of nitrogens with zero attached hydrogens (tertiary/aromatic N) is 3. The van der Waals surface area contributed by atoms with E-state index >= 15 is 0 Å². The molecule has 0 unspecified atom stereocenters. The van der Waals surface area contributed by atoms with Crippen molar-refractivity contribution in [3.8, 4) is 0 Å². The summed E-state index contributed by atoms with van der Waals surface area (Å²) in [4.78, 5) is 17.5. The lowest BCUT2D eigenvalue weighted by Gasteiger charge is -2.30. The summed E-state index contributed by atoms with van der Waals surface area (Å²) in [6.45, 7) is 3.45. The molecule has 1 aliphatic carbocycles. The lowest BCUT2D eigenvalue weighted by atomic mass is 9.77. The van der Waals surface area contributed by atoms with Gasteiger partial charge in [0.05, 0.1) is 22.3 Å². The van der Waals surface area contributed by atoms with Gasteiger partial charge >= 0.3 is 0 Å². The Morgan fingerprint density at radius 3 is 2.55 bits per heavy atom. The number of allylic oxidation sites excluding steroid dienone is 1. The maximum atomic E-state index is 12.1. The third-order valence-electron chi connectivity index (χ3n) is 6.26. The van der Waals surface area contributed by atoms with E-state index in [1.807, 2.05) is 54.4 Å². The van der Waals surface area contributed by atoms with Crippen molar-refractivity contribution in [1.29, 1.82) is 0 Å². The van der Waals surface area contributed by atoms with E-state index in [0.717, 1.165) is 51.9 Å². The summed E-state index contributed by atoms with van der Waals surface area (Å²) in [5.74, 6) is 0.200. The summed E-state index contributed by atoms with van der Waals surface area (Å²) >= 11 is 14.5. The van der Waals surface area contributed by atoms with Gasteiger partial charge < -0.3 is 0 Å². The molecule has 3 aromatic rings. The normalized spacial score (nSPS) is 21.3. The fourth-order valence-electron chi connectivity index (χ4n) is 4.77. The minimum Gasteiger partial charge on any atom is -0.294 e. The van der Waals surface area contributed by atoms with Crippen LogP contribution in [-0.4, -0.2) is 16.5 Å². The average Bonchev–Trinajstić information content (AvgIpc) is 3.37. The Kier molecular flexibility index (Phi) is 6.12. The maximum Gasteiger partial charge on any atom is 0.207 e. The number of thiazole rings is 1. The number of Topliss-reactive ketones (excluding diaryl/α,β-unsaturated/α-hetero) is 1. The molecule has 7 heteroatoms. The molecule has 4 nitrogen and oxygen atoms in total. The van der Waals surface area contributed by atoms with Crippen molar-refractivity contribution in [3.05, 3.63) is 85.8 Å². The van der Waals surface area contributed by atoms with Crippen LogP contribution >= 0.6 is 34.5 Å². The highest BCUT2D eigenvalue weighted by Gasteiger charge is 2.43. The second-order valence-electron chi connectivity index (χ2n) is 8.45. The van der Waals surface area contributed by atoms with Gasteiger partial charge in [-0.05, 0) is 61.1 Å². The lowest BCUT2D eigenvalue weighted by molar-refractivity contribution is 0.102. The molecule has 5 rings (SSSR count). The van der Waals surface area contributed by atoms with Gasteiger partial charge in [0.1, 0.15) is 0 Å². The molecule has 2 heterocycles. The SMILES string of the molecule is CC(=O)c1sc(N2N=C3/C(=C/c4ccccc4Cl)CCC[C@@H]3[C@@H]2c2ccccc2Cl)nc1C. The molecule has 2 atom stereocenters. The van der Waals surface area contributed by atoms with Crippen molar-refractivity contribution >= 4 is 57.2 Å². The van der Waals surface area contributed by atoms with Crippen LogP contribution in [0.15, 0.2) is 59.2 Å². The molecule has 1 aliphatic heterocycles. The Morgan fingerprint density at radius 2 is 1.85 bits per heavy atom. The molecule has 0 spiro atoms. The highest BCUT2D eigenvalue weighted by Crippen LogP contribution is 2.48. The third kappa shape index (κ3) is 4.14. The van der Waals surface area contributed by atoms with Crippen LogP contribution in [0, 0.1) is 12.8 Å². The van der Waals surface area contributed by atoms with E-state index in [0.29, 0.717) is 9.90 Å². The summed E-state index contributed by atoms with van der Waals surface area (Å²) < 4.78 is 0. The topological polar surface area (TPSA) is 45.6 Å². The standard InChI is InChI=1S/C26H23Cl2N3OS/c1-15-25(16(2)32)33-26(29-15)31-24(19-10-4-6-13-22(19)28)20-11-7-9-18(23(20)30-31)14-17-8-3-5-12-21(17)27/h3-6,8,10,12-14,20,24H,7,9,11H2,1-2H3/b18-14+/t20-,24-/m0/s1. The van der Waals surface area contributed by atoms with Gasteiger partial charge in [0.2, 0.25) is 5.13 Å². The molecule has 0 N–H and O–H groups in total. The number of benzene rings is 2. The molecule has 0 saturated heterocycles. The molecule has 2 aromatic carbocycles. The third-order valence-corrected chi connectivity index (χ3v) is 8.20. The Labute approximate surface area is 207 Å². The van der Waals surface area contributed by atoms with E-state index in [1.54, 1.807) is 6.92 Å². The number of aromatic nitrogens is 1. The van der Waals surface area contributed by atoms with Crippen LogP contribution in [0.25, 0.3) is 6.08 Å². The number of aryl methyl sites for hydroxylation is 1. The molecule has 0 radical (unpaired) electrons. The number of carbonyl (C=O) groups is 1. The second-order valence-corrected chi connectivity index (χ2v) is 10.2. The van der Waals surface area contributed by atoms with Crippen LogP contribution < -0.4 is 5.01 Å². The second kappa shape index (κ2) is 9.05. The van der Waals surface area contributed by atoms with E-state index in [9.17, 15) is 4.79 Å². The zero-order valence-electron chi connectivity index (χ0n) is 18.4. The number of fused-ring (bicyclic) bond motifs is 1. The first-order valence-corrected chi connectivity index (χ1v) is 12.6. The van der Waals surface area contributed by atoms with Gasteiger partial charge in [-0.15, -0.1) is 0 Å². The number of hydrogen-bond acceptors (Lipinski definition) is 5. The Bertz CT molecular complexity index is 1300. The molecule has 168 valence electrons. The van der Waals surface area contributed by atoms with Crippen molar-refractivity contribution in [3.63, 3.8) is 0 Å². The van der Waals surface area contributed by atoms with Crippen LogP contribution in [0.4, 0.5) is 5.13 Å². The fourth-order valence-corrected chi connectivity index (χ4v) is 6.16. The summed E-state index contributed by atoms with van der Waals surface area (Å²) in [5, 5.41) is 9.27. The Morgan fingerprint density at radius 1 is 1.12 bits per heavy atom. The fraction of sp³-hybridized carbons (Fsp3) is 0.269. The monoisotopic (exact) mass is 495 g/mol. The van der Waals surface area contributed by atoms with Crippen molar-refractivity contribution in [1.82, 2.24) is 4.98 Å². The zero-order chi connectivity index (χ0) is 23.1. The number of ketones is 1. The number of halogens is 2. The molecule has 1 aromatic heterocycles. The minimum atomic E-state index is -0.0750. The summed E-state index contributed by atoms with van der Waals surface area (Å²) in [6.07, 6.45) is 5.17. The molecule has 0 amide bonds. The predicted octanol–water partition coefficient (Wildman–Crippen LogP) is 7.76. The van der Waals surface area contributed by atoms with Crippen LogP contribution in [0.2, 0.25) is 10.0 Å². The maximum absolute atomic E-state index is 12.1. The smallest absolute Gasteiger partial charge is 0.207 e. The van der Waals surface area contributed by atoms with Gasteiger partial charge in [-0.1, -0.05) is 70.9 Å². The van der Waals surface area contributed by atoms with Crippen molar-refractivity contribution in [2.45, 2.75) is 39.2 Å². The van der Waals surface area contributed by atoms with E-state index < -0.39 is 0 Å². The quantitative estimate of drug-likeness (QED) is 0.347. The molecule has 1 saturated carbocycles. The highest BCUT2D eigenvalue weighted by atomic mass is 35.5. The van der Waals surface area contributed by atoms with Gasteiger partial charge in [0.15, 0.2) is 5.78 Å². The van der Waals surface area contributed by atoms with Crippen molar-refractivity contribution in [2.75, 3.05) is 5.01 Å². The molecule has 2 aliphatic rings. The van der Waals surface area contributed by atoms with E-state index in [1.165, 1.54) is 16.9 Å². The summed E-state index contributed by atoms with van der Waals surface area (Å²) in [6, 6.07) is 15.7. The minimum absolute atomic E-state index is 0.0223. The van der Waals surface area contributed by atoms with E-state index in [4.69, 9.17) is 33.3 Å². The first-order valence-electron chi connectivity index (χ1n) is 11.0. The Hall–Kier alpha value is -2.47. The van der Waals surface area contributed by atoms with Crippen LogP contribution in [0.5, 0.6) is 0 Å². The van der Waals surface area contributed by atoms with Crippen molar-refractivity contribution < 1.29 is 4.79 Å². The predicted molar refractivity (Wildman–Crippen MR) is 138 cm³/mol. The van der Waals surface area contributed by atoms with Gasteiger partial charge in [0, 0.05) is 22.9 Å². The van der Waals surface area contributed by atoms with Crippen LogP contribution in [-0.2, 0) is 0 Å². The van der Waals surface area contributed by atoms with Crippen molar-refractivity contribution in [2.24, 2.45) is 11.0 Å². The first kappa shape index (κ1) is 22.3. The van der Waals surface area contributed by atoms with Gasteiger partial charge in [-0.3, -0.25) is 4.79 Å². The number of carbonyl (C=O) groups excluding carboxylic acids is 1. The number of hydrazone groups is 1. The van der Waals surface area contributed by atoms with Crippen LogP contribution in [0.3, 0.4) is 0 Å². The molecular formula is C26H23Cl2N3OS. The largest absolute Gasteiger partial charge is 0.294 e. The van der Waals surface area contributed by atoms with Gasteiger partial charge in [-0.25, -0.2) is 9.99 Å². The molecule has 1 fully saturated rings. The van der Waals surface area contributed by atoms with Crippen LogP contribution in [0.1, 0.15) is 58.7 Å². The Balaban J connectivity index is 1.64. The molecular weight excluding hydrogens is 473 g/mol. The number of rotatable bonds is 4.